The average molecular weight is 451 g/mol. The normalized spacial score (nSPS) is 12.3. The Labute approximate surface area is 181 Å². The number of nitrogens with one attached hydrogen (secondary N) is 1. The predicted molar refractivity (Wildman–Crippen MR) is 110 cm³/mol. The van der Waals surface area contributed by atoms with Crippen molar-refractivity contribution < 1.29 is 32.5 Å². The summed E-state index contributed by atoms with van der Waals surface area (Å²) in [4.78, 5) is 13.4. The second-order valence-corrected chi connectivity index (χ2v) is 7.63. The number of hydrogen-bond donors (Lipinski definition) is 2. The summed E-state index contributed by atoms with van der Waals surface area (Å²) in [6, 6.07) is 14.9. The highest BCUT2D eigenvalue weighted by Crippen LogP contribution is 2.31. The Morgan fingerprint density at radius 1 is 1.03 bits per heavy atom. The van der Waals surface area contributed by atoms with Crippen molar-refractivity contribution in [2.24, 2.45) is 0 Å². The highest BCUT2D eigenvalue weighted by atomic mass is 32.1. The van der Waals surface area contributed by atoms with Gasteiger partial charge in [0.15, 0.2) is 0 Å². The molecule has 9 heteroatoms. The maximum absolute atomic E-state index is 12.7. The van der Waals surface area contributed by atoms with E-state index in [-0.39, 0.29) is 18.9 Å². The second kappa shape index (κ2) is 10.3. The van der Waals surface area contributed by atoms with E-state index < -0.39 is 23.8 Å². The molecule has 0 radical (unpaired) electrons. The smallest absolute Gasteiger partial charge is 0.416 e. The summed E-state index contributed by atoms with van der Waals surface area (Å²) in [6.45, 7) is -0.00202. The molecule has 2 N–H and O–H groups in total. The van der Waals surface area contributed by atoms with Gasteiger partial charge in [-0.05, 0) is 47.8 Å². The van der Waals surface area contributed by atoms with E-state index in [2.05, 4.69) is 5.32 Å². The van der Waals surface area contributed by atoms with Gasteiger partial charge in [0.25, 0.3) is 5.91 Å². The van der Waals surface area contributed by atoms with E-state index in [4.69, 9.17) is 9.47 Å². The zero-order valence-corrected chi connectivity index (χ0v) is 17.1. The van der Waals surface area contributed by atoms with Crippen LogP contribution in [0.1, 0.15) is 20.8 Å². The molecule has 0 fully saturated rings. The van der Waals surface area contributed by atoms with E-state index in [1.54, 1.807) is 35.6 Å². The number of halogens is 3. The molecule has 0 spiro atoms. The fourth-order valence-corrected chi connectivity index (χ4v) is 3.22. The molecule has 0 saturated carbocycles. The SMILES string of the molecule is O=C(NCC(O)COc1cccc(C(F)(F)F)c1)c1cccc(OCc2cccs2)c1. The molecule has 0 saturated heterocycles. The molecular formula is C22H20F3NO4S. The molecule has 0 aliphatic carbocycles. The molecule has 31 heavy (non-hydrogen) atoms. The van der Waals surface area contributed by atoms with Crippen molar-refractivity contribution in [1.82, 2.24) is 5.32 Å². The summed E-state index contributed by atoms with van der Waals surface area (Å²) in [6.07, 6.45) is -5.58. The number of carbonyl (C=O) groups excluding carboxylic acids is 1. The first-order chi connectivity index (χ1) is 14.8. The second-order valence-electron chi connectivity index (χ2n) is 6.60. The van der Waals surface area contributed by atoms with E-state index in [0.717, 1.165) is 17.0 Å². The fraction of sp³-hybridized carbons (Fsp3) is 0.227. The van der Waals surface area contributed by atoms with Crippen LogP contribution in [0.2, 0.25) is 0 Å². The number of amides is 1. The highest BCUT2D eigenvalue weighted by molar-refractivity contribution is 7.09. The summed E-state index contributed by atoms with van der Waals surface area (Å²) in [5.41, 5.74) is -0.483. The zero-order valence-electron chi connectivity index (χ0n) is 16.3. The van der Waals surface area contributed by atoms with Crippen LogP contribution in [0.4, 0.5) is 13.2 Å². The van der Waals surface area contributed by atoms with E-state index in [1.165, 1.54) is 12.1 Å². The van der Waals surface area contributed by atoms with E-state index in [9.17, 15) is 23.1 Å². The lowest BCUT2D eigenvalue weighted by Crippen LogP contribution is -2.35. The molecule has 3 rings (SSSR count). The van der Waals surface area contributed by atoms with Crippen LogP contribution in [0.3, 0.4) is 0 Å². The van der Waals surface area contributed by atoms with Gasteiger partial charge in [0.2, 0.25) is 0 Å². The van der Waals surface area contributed by atoms with Crippen LogP contribution in [0.25, 0.3) is 0 Å². The largest absolute Gasteiger partial charge is 0.491 e. The van der Waals surface area contributed by atoms with Gasteiger partial charge in [0.1, 0.15) is 30.8 Å². The number of ether oxygens (including phenoxy) is 2. The molecule has 1 unspecified atom stereocenters. The third kappa shape index (κ3) is 7.01. The minimum atomic E-state index is -4.48. The molecule has 2 aromatic carbocycles. The molecular weight excluding hydrogens is 431 g/mol. The monoisotopic (exact) mass is 451 g/mol. The first-order valence-corrected chi connectivity index (χ1v) is 10.2. The molecule has 1 aromatic heterocycles. The lowest BCUT2D eigenvalue weighted by atomic mass is 10.2. The van der Waals surface area contributed by atoms with Crippen molar-refractivity contribution in [2.45, 2.75) is 18.9 Å². The van der Waals surface area contributed by atoms with Crippen LogP contribution in [-0.4, -0.2) is 30.3 Å². The van der Waals surface area contributed by atoms with Gasteiger partial charge < -0.3 is 19.9 Å². The quantitative estimate of drug-likeness (QED) is 0.502. The molecule has 0 aliphatic rings. The van der Waals surface area contributed by atoms with Crippen LogP contribution in [0, 0.1) is 0 Å². The Kier molecular flexibility index (Phi) is 7.54. The van der Waals surface area contributed by atoms with E-state index in [0.29, 0.717) is 17.9 Å². The van der Waals surface area contributed by atoms with Gasteiger partial charge in [0.05, 0.1) is 5.56 Å². The fourth-order valence-electron chi connectivity index (χ4n) is 2.60. The first kappa shape index (κ1) is 22.6. The van der Waals surface area contributed by atoms with Crippen molar-refractivity contribution in [2.75, 3.05) is 13.2 Å². The Hall–Kier alpha value is -3.04. The topological polar surface area (TPSA) is 67.8 Å². The maximum atomic E-state index is 12.7. The van der Waals surface area contributed by atoms with Gasteiger partial charge >= 0.3 is 6.18 Å². The number of rotatable bonds is 9. The van der Waals surface area contributed by atoms with Gasteiger partial charge in [-0.3, -0.25) is 4.79 Å². The molecule has 1 heterocycles. The van der Waals surface area contributed by atoms with Gasteiger partial charge in [0, 0.05) is 17.0 Å². The standard InChI is InChI=1S/C22H20F3NO4S/c23-22(24,25)16-5-2-7-19(11-16)29-13-17(27)12-26-21(28)15-4-1-6-18(10-15)30-14-20-8-3-9-31-20/h1-11,17,27H,12-14H2,(H,26,28). The molecule has 1 amide bonds. The lowest BCUT2D eigenvalue weighted by Gasteiger charge is -2.15. The van der Waals surface area contributed by atoms with E-state index in [1.807, 2.05) is 17.5 Å². The minimum absolute atomic E-state index is 0.0178. The van der Waals surface area contributed by atoms with Crippen molar-refractivity contribution in [3.63, 3.8) is 0 Å². The molecule has 0 bridgehead atoms. The van der Waals surface area contributed by atoms with Gasteiger partial charge in [-0.2, -0.15) is 13.2 Å². The summed E-state index contributed by atoms with van der Waals surface area (Å²) in [5, 5.41) is 14.5. The zero-order chi connectivity index (χ0) is 22.3. The van der Waals surface area contributed by atoms with Gasteiger partial charge in [-0.15, -0.1) is 11.3 Å². The number of aliphatic hydroxyl groups is 1. The summed E-state index contributed by atoms with van der Waals surface area (Å²) in [5.74, 6) is 0.102. The number of hydrogen-bond acceptors (Lipinski definition) is 5. The maximum Gasteiger partial charge on any atom is 0.416 e. The number of carbonyl (C=O) groups is 1. The third-order valence-electron chi connectivity index (χ3n) is 4.16. The average Bonchev–Trinajstić information content (AvgIpc) is 3.28. The van der Waals surface area contributed by atoms with Crippen LogP contribution in [-0.2, 0) is 12.8 Å². The van der Waals surface area contributed by atoms with Crippen molar-refractivity contribution >= 4 is 17.2 Å². The van der Waals surface area contributed by atoms with E-state index >= 15 is 0 Å². The summed E-state index contributed by atoms with van der Waals surface area (Å²) in [7, 11) is 0. The predicted octanol–water partition coefficient (Wildman–Crippen LogP) is 4.52. The van der Waals surface area contributed by atoms with Crippen LogP contribution in [0.15, 0.2) is 66.0 Å². The number of benzene rings is 2. The lowest BCUT2D eigenvalue weighted by molar-refractivity contribution is -0.137. The van der Waals surface area contributed by atoms with Crippen LogP contribution >= 0.6 is 11.3 Å². The third-order valence-corrected chi connectivity index (χ3v) is 5.01. The molecule has 164 valence electrons. The van der Waals surface area contributed by atoms with Crippen LogP contribution < -0.4 is 14.8 Å². The van der Waals surface area contributed by atoms with Gasteiger partial charge in [-0.1, -0.05) is 18.2 Å². The minimum Gasteiger partial charge on any atom is -0.491 e. The molecule has 3 aromatic rings. The molecule has 0 aliphatic heterocycles. The summed E-state index contributed by atoms with van der Waals surface area (Å²) < 4.78 is 49.1. The van der Waals surface area contributed by atoms with Crippen molar-refractivity contribution in [3.05, 3.63) is 82.0 Å². The Bertz CT molecular complexity index is 992. The Morgan fingerprint density at radius 2 is 1.77 bits per heavy atom. The van der Waals surface area contributed by atoms with Crippen LogP contribution in [0.5, 0.6) is 11.5 Å². The van der Waals surface area contributed by atoms with Crippen molar-refractivity contribution in [1.29, 1.82) is 0 Å². The Morgan fingerprint density at radius 3 is 2.48 bits per heavy atom. The number of thiophene rings is 1. The Balaban J connectivity index is 1.46. The number of alkyl halides is 3. The van der Waals surface area contributed by atoms with Crippen molar-refractivity contribution in [3.8, 4) is 11.5 Å². The number of aliphatic hydroxyl groups excluding tert-OH is 1. The first-order valence-electron chi connectivity index (χ1n) is 9.33. The highest BCUT2D eigenvalue weighted by Gasteiger charge is 2.30. The molecule has 5 nitrogen and oxygen atoms in total. The molecule has 1 atom stereocenters. The summed E-state index contributed by atoms with van der Waals surface area (Å²) >= 11 is 1.57. The van der Waals surface area contributed by atoms with Gasteiger partial charge in [-0.25, -0.2) is 0 Å².